The molecule has 1 N–H and O–H groups in total. The van der Waals surface area contributed by atoms with Gasteiger partial charge in [-0.25, -0.2) is 0 Å². The average molecular weight is 283 g/mol. The number of carboxylic acids is 1. The Morgan fingerprint density at radius 2 is 1.85 bits per heavy atom. The number of hydrogen-bond donors (Lipinski definition) is 1. The van der Waals surface area contributed by atoms with Gasteiger partial charge in [-0.1, -0.05) is 33.1 Å². The summed E-state index contributed by atoms with van der Waals surface area (Å²) < 4.78 is 0. The van der Waals surface area contributed by atoms with Gasteiger partial charge in [0.15, 0.2) is 0 Å². The number of amides is 1. The van der Waals surface area contributed by atoms with Crippen molar-refractivity contribution in [2.24, 2.45) is 17.8 Å². The molecule has 0 saturated heterocycles. The summed E-state index contributed by atoms with van der Waals surface area (Å²) in [5.74, 6) is -0.300. The Morgan fingerprint density at radius 1 is 1.25 bits per heavy atom. The molecule has 4 heteroatoms. The fourth-order valence-electron chi connectivity index (χ4n) is 3.08. The van der Waals surface area contributed by atoms with Gasteiger partial charge in [-0.3, -0.25) is 9.59 Å². The second kappa shape index (κ2) is 8.28. The minimum atomic E-state index is -0.840. The van der Waals surface area contributed by atoms with Crippen LogP contribution in [-0.2, 0) is 9.59 Å². The molecule has 1 amide bonds. The molecule has 1 rings (SSSR count). The van der Waals surface area contributed by atoms with Gasteiger partial charge in [-0.15, -0.1) is 0 Å². The van der Waals surface area contributed by atoms with E-state index in [2.05, 4.69) is 6.92 Å². The molecule has 1 saturated carbocycles. The zero-order valence-corrected chi connectivity index (χ0v) is 13.1. The number of carbonyl (C=O) groups is 2. The summed E-state index contributed by atoms with van der Waals surface area (Å²) in [4.78, 5) is 24.8. The maximum atomic E-state index is 12.3. The Morgan fingerprint density at radius 3 is 2.35 bits per heavy atom. The Labute approximate surface area is 122 Å². The molecule has 1 aliphatic carbocycles. The number of nitrogens with zero attached hydrogens (tertiary/aromatic N) is 1. The number of rotatable bonds is 7. The highest BCUT2D eigenvalue weighted by Gasteiger charge is 2.29. The predicted molar refractivity (Wildman–Crippen MR) is 79.4 cm³/mol. The van der Waals surface area contributed by atoms with E-state index >= 15 is 0 Å². The number of hydrogen-bond acceptors (Lipinski definition) is 2. The van der Waals surface area contributed by atoms with Crippen LogP contribution >= 0.6 is 0 Å². The van der Waals surface area contributed by atoms with Gasteiger partial charge in [0.2, 0.25) is 5.91 Å². The van der Waals surface area contributed by atoms with Crippen molar-refractivity contribution >= 4 is 11.9 Å². The summed E-state index contributed by atoms with van der Waals surface area (Å²) in [5, 5.41) is 8.90. The average Bonchev–Trinajstić information content (AvgIpc) is 2.44. The van der Waals surface area contributed by atoms with Crippen LogP contribution in [0.15, 0.2) is 0 Å². The Balaban J connectivity index is 2.36. The molecule has 0 aromatic heterocycles. The fourth-order valence-corrected chi connectivity index (χ4v) is 3.08. The summed E-state index contributed by atoms with van der Waals surface area (Å²) in [5.41, 5.74) is 0. The third-order valence-corrected chi connectivity index (χ3v) is 4.51. The first-order chi connectivity index (χ1) is 9.45. The van der Waals surface area contributed by atoms with Crippen LogP contribution in [-0.4, -0.2) is 35.5 Å². The van der Waals surface area contributed by atoms with Gasteiger partial charge in [0.05, 0.1) is 5.92 Å². The first-order valence-corrected chi connectivity index (χ1v) is 7.93. The van der Waals surface area contributed by atoms with Crippen LogP contribution in [0.3, 0.4) is 0 Å². The highest BCUT2D eigenvalue weighted by Crippen LogP contribution is 2.32. The molecule has 0 heterocycles. The molecule has 1 unspecified atom stereocenters. The lowest BCUT2D eigenvalue weighted by atomic mass is 9.79. The van der Waals surface area contributed by atoms with Crippen LogP contribution in [0, 0.1) is 17.8 Å². The maximum Gasteiger partial charge on any atom is 0.308 e. The van der Waals surface area contributed by atoms with Crippen molar-refractivity contribution in [3.63, 3.8) is 0 Å². The van der Waals surface area contributed by atoms with Crippen LogP contribution in [0.5, 0.6) is 0 Å². The van der Waals surface area contributed by atoms with Crippen molar-refractivity contribution in [3.05, 3.63) is 0 Å². The van der Waals surface area contributed by atoms with Crippen molar-refractivity contribution in [1.82, 2.24) is 4.90 Å². The standard InChI is InChI=1S/C16H29NO3/c1-4-5-6-13-7-9-14(10-8-13)15(18)17(3)11-12(2)16(19)20/h12-14H,4-11H2,1-3H3,(H,19,20). The van der Waals surface area contributed by atoms with E-state index in [0.717, 1.165) is 31.6 Å². The Hall–Kier alpha value is -1.06. The van der Waals surface area contributed by atoms with E-state index in [4.69, 9.17) is 5.11 Å². The molecule has 0 bridgehead atoms. The molecular formula is C16H29NO3. The van der Waals surface area contributed by atoms with Crippen molar-refractivity contribution in [1.29, 1.82) is 0 Å². The van der Waals surface area contributed by atoms with Crippen LogP contribution in [0.25, 0.3) is 0 Å². The number of carbonyl (C=O) groups excluding carboxylic acids is 1. The zero-order chi connectivity index (χ0) is 15.1. The van der Waals surface area contributed by atoms with E-state index in [-0.39, 0.29) is 11.8 Å². The molecule has 0 spiro atoms. The third kappa shape index (κ3) is 5.14. The van der Waals surface area contributed by atoms with E-state index in [9.17, 15) is 9.59 Å². The van der Waals surface area contributed by atoms with Gasteiger partial charge >= 0.3 is 5.97 Å². The summed E-state index contributed by atoms with van der Waals surface area (Å²) in [7, 11) is 1.73. The normalized spacial score (nSPS) is 24.1. The fraction of sp³-hybridized carbons (Fsp3) is 0.875. The Bertz CT molecular complexity index is 322. The number of carboxylic acid groups (broad SMARTS) is 1. The molecule has 1 fully saturated rings. The Kier molecular flexibility index (Phi) is 7.03. The number of aliphatic carboxylic acids is 1. The van der Waals surface area contributed by atoms with Gasteiger partial charge < -0.3 is 10.0 Å². The van der Waals surface area contributed by atoms with E-state index < -0.39 is 11.9 Å². The van der Waals surface area contributed by atoms with E-state index in [1.807, 2.05) is 0 Å². The maximum absolute atomic E-state index is 12.3. The molecule has 4 nitrogen and oxygen atoms in total. The second-order valence-electron chi connectivity index (χ2n) is 6.32. The molecule has 116 valence electrons. The molecule has 0 aliphatic heterocycles. The van der Waals surface area contributed by atoms with Crippen molar-refractivity contribution in [3.8, 4) is 0 Å². The van der Waals surface area contributed by atoms with E-state index in [1.54, 1.807) is 18.9 Å². The summed E-state index contributed by atoms with van der Waals surface area (Å²) in [6.07, 6.45) is 8.08. The van der Waals surface area contributed by atoms with E-state index in [0.29, 0.717) is 6.54 Å². The van der Waals surface area contributed by atoms with Crippen LogP contribution in [0.2, 0.25) is 0 Å². The molecule has 20 heavy (non-hydrogen) atoms. The largest absolute Gasteiger partial charge is 0.481 e. The first-order valence-electron chi connectivity index (χ1n) is 7.93. The smallest absolute Gasteiger partial charge is 0.308 e. The van der Waals surface area contributed by atoms with E-state index in [1.165, 1.54) is 19.3 Å². The van der Waals surface area contributed by atoms with Crippen molar-refractivity contribution < 1.29 is 14.7 Å². The summed E-state index contributed by atoms with van der Waals surface area (Å²) in [6.45, 7) is 4.17. The lowest BCUT2D eigenvalue weighted by Crippen LogP contribution is -2.38. The van der Waals surface area contributed by atoms with Crippen LogP contribution in [0.4, 0.5) is 0 Å². The SMILES string of the molecule is CCCCC1CCC(C(=O)N(C)CC(C)C(=O)O)CC1. The quantitative estimate of drug-likeness (QED) is 0.780. The minimum Gasteiger partial charge on any atom is -0.481 e. The van der Waals surface area contributed by atoms with Gasteiger partial charge in [0.25, 0.3) is 0 Å². The van der Waals surface area contributed by atoms with Gasteiger partial charge in [-0.2, -0.15) is 0 Å². The minimum absolute atomic E-state index is 0.110. The van der Waals surface area contributed by atoms with Crippen LogP contribution < -0.4 is 0 Å². The van der Waals surface area contributed by atoms with Crippen LogP contribution in [0.1, 0.15) is 58.8 Å². The molecule has 1 atom stereocenters. The zero-order valence-electron chi connectivity index (χ0n) is 13.1. The monoisotopic (exact) mass is 283 g/mol. The predicted octanol–water partition coefficient (Wildman–Crippen LogP) is 3.16. The van der Waals surface area contributed by atoms with Crippen molar-refractivity contribution in [2.45, 2.75) is 58.8 Å². The molecule has 0 aromatic rings. The number of unbranched alkanes of at least 4 members (excludes halogenated alkanes) is 1. The topological polar surface area (TPSA) is 57.6 Å². The highest BCUT2D eigenvalue weighted by molar-refractivity contribution is 5.79. The van der Waals surface area contributed by atoms with Gasteiger partial charge in [0.1, 0.15) is 0 Å². The molecular weight excluding hydrogens is 254 g/mol. The van der Waals surface area contributed by atoms with Gasteiger partial charge in [0, 0.05) is 19.5 Å². The highest BCUT2D eigenvalue weighted by atomic mass is 16.4. The second-order valence-corrected chi connectivity index (χ2v) is 6.32. The third-order valence-electron chi connectivity index (χ3n) is 4.51. The van der Waals surface area contributed by atoms with Crippen molar-refractivity contribution in [2.75, 3.05) is 13.6 Å². The molecule has 0 aromatic carbocycles. The summed E-state index contributed by atoms with van der Waals surface area (Å²) >= 11 is 0. The molecule has 0 radical (unpaired) electrons. The lowest BCUT2D eigenvalue weighted by Gasteiger charge is -2.31. The molecule has 1 aliphatic rings. The lowest BCUT2D eigenvalue weighted by molar-refractivity contribution is -0.143. The summed E-state index contributed by atoms with van der Waals surface area (Å²) in [6, 6.07) is 0. The first kappa shape index (κ1) is 17.0. The van der Waals surface area contributed by atoms with Gasteiger partial charge in [-0.05, 0) is 31.6 Å².